The average molecular weight is 238 g/mol. The van der Waals surface area contributed by atoms with Crippen molar-refractivity contribution >= 4 is 17.2 Å². The van der Waals surface area contributed by atoms with Gasteiger partial charge >= 0.3 is 0 Å². The molecular weight excluding hydrogens is 220 g/mol. The Kier molecular flexibility index (Phi) is 4.68. The van der Waals surface area contributed by atoms with Crippen LogP contribution in [0.1, 0.15) is 32.8 Å². The van der Waals surface area contributed by atoms with Crippen molar-refractivity contribution in [2.75, 3.05) is 0 Å². The van der Waals surface area contributed by atoms with Crippen LogP contribution in [0.15, 0.2) is 18.3 Å². The molecule has 0 aliphatic heterocycles. The maximum atomic E-state index is 5.66. The molecule has 1 atom stereocenters. The molecule has 0 aliphatic rings. The number of thiocarbonyl (C=S) groups is 1. The van der Waals surface area contributed by atoms with Crippen LogP contribution in [0.4, 0.5) is 0 Å². The van der Waals surface area contributed by atoms with Crippen molar-refractivity contribution in [1.29, 1.82) is 0 Å². The lowest BCUT2D eigenvalue weighted by atomic mass is 10.1. The predicted molar refractivity (Wildman–Crippen MR) is 69.7 cm³/mol. The zero-order chi connectivity index (χ0) is 12.1. The van der Waals surface area contributed by atoms with E-state index in [9.17, 15) is 0 Å². The summed E-state index contributed by atoms with van der Waals surface area (Å²) in [5.41, 5.74) is 6.24. The largest absolute Gasteiger partial charge is 0.475 e. The minimum absolute atomic E-state index is 0.170. The molecular formula is C12H18N2OS. The molecule has 1 aromatic heterocycles. The van der Waals surface area contributed by atoms with Gasteiger partial charge in [0, 0.05) is 17.8 Å². The second-order valence-electron chi connectivity index (χ2n) is 4.31. The van der Waals surface area contributed by atoms with Crippen LogP contribution < -0.4 is 10.5 Å². The third-order valence-corrected chi connectivity index (χ3v) is 2.38. The Morgan fingerprint density at radius 3 is 2.56 bits per heavy atom. The zero-order valence-corrected chi connectivity index (χ0v) is 10.8. The van der Waals surface area contributed by atoms with Gasteiger partial charge < -0.3 is 10.5 Å². The van der Waals surface area contributed by atoms with Crippen molar-refractivity contribution in [2.45, 2.75) is 33.3 Å². The third-order valence-electron chi connectivity index (χ3n) is 2.15. The van der Waals surface area contributed by atoms with E-state index >= 15 is 0 Å². The Hall–Kier alpha value is -1.16. The fraction of sp³-hybridized carbons (Fsp3) is 0.500. The van der Waals surface area contributed by atoms with Gasteiger partial charge in [-0.15, -0.1) is 0 Å². The monoisotopic (exact) mass is 238 g/mol. The number of rotatable bonds is 5. The number of aromatic nitrogens is 1. The molecule has 0 fully saturated rings. The first kappa shape index (κ1) is 12.9. The van der Waals surface area contributed by atoms with Crippen LogP contribution in [-0.4, -0.2) is 16.1 Å². The van der Waals surface area contributed by atoms with Gasteiger partial charge in [-0.05, 0) is 25.3 Å². The molecule has 0 bridgehead atoms. The van der Waals surface area contributed by atoms with Crippen LogP contribution >= 0.6 is 12.2 Å². The molecule has 0 spiro atoms. The van der Waals surface area contributed by atoms with Crippen LogP contribution in [0.2, 0.25) is 0 Å². The van der Waals surface area contributed by atoms with Crippen LogP contribution in [0.25, 0.3) is 0 Å². The minimum Gasteiger partial charge on any atom is -0.475 e. The highest BCUT2D eigenvalue weighted by molar-refractivity contribution is 7.80. The summed E-state index contributed by atoms with van der Waals surface area (Å²) in [4.78, 5) is 4.51. The molecule has 16 heavy (non-hydrogen) atoms. The molecule has 4 heteroatoms. The van der Waals surface area contributed by atoms with Gasteiger partial charge in [0.25, 0.3) is 0 Å². The van der Waals surface area contributed by atoms with Gasteiger partial charge in [0.15, 0.2) is 0 Å². The Balaban J connectivity index is 2.58. The number of pyridine rings is 1. The predicted octanol–water partition coefficient (Wildman–Crippen LogP) is 2.53. The second kappa shape index (κ2) is 5.80. The number of ether oxygens (including phenoxy) is 1. The highest BCUT2D eigenvalue weighted by atomic mass is 32.1. The summed E-state index contributed by atoms with van der Waals surface area (Å²) in [7, 11) is 0. The molecule has 0 aromatic carbocycles. The highest BCUT2D eigenvalue weighted by Crippen LogP contribution is 2.13. The molecule has 1 unspecified atom stereocenters. The van der Waals surface area contributed by atoms with E-state index in [0.717, 1.165) is 12.0 Å². The van der Waals surface area contributed by atoms with Gasteiger partial charge in [-0.1, -0.05) is 26.1 Å². The van der Waals surface area contributed by atoms with Crippen molar-refractivity contribution < 1.29 is 4.74 Å². The molecule has 1 heterocycles. The molecule has 0 radical (unpaired) electrons. The molecule has 0 saturated carbocycles. The van der Waals surface area contributed by atoms with Gasteiger partial charge in [0.1, 0.15) is 4.99 Å². The van der Waals surface area contributed by atoms with Gasteiger partial charge in [-0.2, -0.15) is 0 Å². The fourth-order valence-electron chi connectivity index (χ4n) is 1.51. The van der Waals surface area contributed by atoms with E-state index in [0.29, 0.717) is 16.8 Å². The standard InChI is InChI=1S/C12H18N2OS/c1-8(2)6-9(3)15-11-5-4-10(7-14-11)12(13)16/h4-5,7-9H,6H2,1-3H3,(H2,13,16). The number of hydrogen-bond acceptors (Lipinski definition) is 3. The Morgan fingerprint density at radius 2 is 2.12 bits per heavy atom. The lowest BCUT2D eigenvalue weighted by Gasteiger charge is -2.15. The van der Waals surface area contributed by atoms with E-state index in [1.807, 2.05) is 13.0 Å². The van der Waals surface area contributed by atoms with Crippen molar-refractivity contribution in [2.24, 2.45) is 11.7 Å². The maximum Gasteiger partial charge on any atom is 0.213 e. The highest BCUT2D eigenvalue weighted by Gasteiger charge is 2.07. The molecule has 1 aromatic rings. The van der Waals surface area contributed by atoms with E-state index < -0.39 is 0 Å². The van der Waals surface area contributed by atoms with Crippen LogP contribution in [0.5, 0.6) is 5.88 Å². The summed E-state index contributed by atoms with van der Waals surface area (Å²) < 4.78 is 5.66. The zero-order valence-electron chi connectivity index (χ0n) is 9.93. The number of nitrogens with two attached hydrogens (primary N) is 1. The number of hydrogen-bond donors (Lipinski definition) is 1. The molecule has 2 N–H and O–H groups in total. The molecule has 0 amide bonds. The average Bonchev–Trinajstić information content (AvgIpc) is 2.16. The van der Waals surface area contributed by atoms with Crippen LogP contribution in [0, 0.1) is 5.92 Å². The fourth-order valence-corrected chi connectivity index (χ4v) is 1.63. The lowest BCUT2D eigenvalue weighted by molar-refractivity contribution is 0.185. The summed E-state index contributed by atoms with van der Waals surface area (Å²) in [6.45, 7) is 6.38. The smallest absolute Gasteiger partial charge is 0.213 e. The Labute approximate surface area is 102 Å². The first-order valence-electron chi connectivity index (χ1n) is 5.41. The molecule has 88 valence electrons. The molecule has 1 rings (SSSR count). The van der Waals surface area contributed by atoms with Crippen molar-refractivity contribution in [3.8, 4) is 5.88 Å². The van der Waals surface area contributed by atoms with E-state index in [4.69, 9.17) is 22.7 Å². The lowest BCUT2D eigenvalue weighted by Crippen LogP contribution is -2.15. The Morgan fingerprint density at radius 1 is 1.44 bits per heavy atom. The quantitative estimate of drug-likeness (QED) is 0.801. The molecule has 0 saturated heterocycles. The van der Waals surface area contributed by atoms with Crippen LogP contribution in [-0.2, 0) is 0 Å². The van der Waals surface area contributed by atoms with Gasteiger partial charge in [-0.3, -0.25) is 0 Å². The SMILES string of the molecule is CC(C)CC(C)Oc1ccc(C(N)=S)cn1. The molecule has 3 nitrogen and oxygen atoms in total. The third kappa shape index (κ3) is 4.14. The second-order valence-corrected chi connectivity index (χ2v) is 4.75. The first-order chi connectivity index (χ1) is 7.49. The van der Waals surface area contributed by atoms with E-state index in [2.05, 4.69) is 18.8 Å². The van der Waals surface area contributed by atoms with E-state index in [1.54, 1.807) is 12.3 Å². The van der Waals surface area contributed by atoms with Crippen LogP contribution in [0.3, 0.4) is 0 Å². The van der Waals surface area contributed by atoms with Gasteiger partial charge in [0.05, 0.1) is 6.10 Å². The summed E-state index contributed by atoms with van der Waals surface area (Å²) in [5.74, 6) is 1.24. The van der Waals surface area contributed by atoms with Crippen molar-refractivity contribution in [1.82, 2.24) is 4.98 Å². The van der Waals surface area contributed by atoms with Gasteiger partial charge in [0.2, 0.25) is 5.88 Å². The van der Waals surface area contributed by atoms with Crippen molar-refractivity contribution in [3.05, 3.63) is 23.9 Å². The summed E-state index contributed by atoms with van der Waals surface area (Å²) in [6.07, 6.45) is 2.82. The Bertz CT molecular complexity index is 349. The van der Waals surface area contributed by atoms with E-state index in [1.165, 1.54) is 0 Å². The number of nitrogens with zero attached hydrogens (tertiary/aromatic N) is 1. The minimum atomic E-state index is 0.170. The summed E-state index contributed by atoms with van der Waals surface area (Å²) >= 11 is 4.85. The topological polar surface area (TPSA) is 48.1 Å². The summed E-state index contributed by atoms with van der Waals surface area (Å²) in [5, 5.41) is 0. The van der Waals surface area contributed by atoms with Crippen molar-refractivity contribution in [3.63, 3.8) is 0 Å². The molecule has 0 aliphatic carbocycles. The maximum absolute atomic E-state index is 5.66. The van der Waals surface area contributed by atoms with Gasteiger partial charge in [-0.25, -0.2) is 4.98 Å². The normalized spacial score (nSPS) is 12.5. The van der Waals surface area contributed by atoms with E-state index in [-0.39, 0.29) is 6.10 Å². The first-order valence-corrected chi connectivity index (χ1v) is 5.82. The summed E-state index contributed by atoms with van der Waals surface area (Å²) in [6, 6.07) is 3.62.